The van der Waals surface area contributed by atoms with Crippen LogP contribution in [0, 0.1) is 19.7 Å². The summed E-state index contributed by atoms with van der Waals surface area (Å²) in [4.78, 5) is 20.8. The van der Waals surface area contributed by atoms with Gasteiger partial charge in [-0.05, 0) is 38.3 Å². The van der Waals surface area contributed by atoms with Gasteiger partial charge in [0.1, 0.15) is 11.6 Å². The fourth-order valence-corrected chi connectivity index (χ4v) is 3.64. The van der Waals surface area contributed by atoms with Gasteiger partial charge >= 0.3 is 0 Å². The van der Waals surface area contributed by atoms with Crippen molar-refractivity contribution < 1.29 is 9.18 Å². The van der Waals surface area contributed by atoms with E-state index in [9.17, 15) is 9.18 Å². The molecule has 1 fully saturated rings. The lowest BCUT2D eigenvalue weighted by Gasteiger charge is -2.30. The van der Waals surface area contributed by atoms with Crippen LogP contribution in [0.5, 0.6) is 0 Å². The summed E-state index contributed by atoms with van der Waals surface area (Å²) in [6.45, 7) is 4.02. The molecule has 0 bridgehead atoms. The predicted octanol–water partition coefficient (Wildman–Crippen LogP) is 3.47. The summed E-state index contributed by atoms with van der Waals surface area (Å²) < 4.78 is 14.3. The van der Waals surface area contributed by atoms with Gasteiger partial charge in [0.25, 0.3) is 5.91 Å². The maximum Gasteiger partial charge on any atom is 0.254 e. The van der Waals surface area contributed by atoms with E-state index in [4.69, 9.17) is 0 Å². The number of hydrogen-bond acceptors (Lipinski definition) is 3. The molecule has 1 aliphatic carbocycles. The standard InChI is InChI=1S/C19H22FN3O/c1-13-15(11-21-14(2)23-13)18(24)22-12-19(9-5-6-10-19)16-7-3-4-8-17(16)20/h3-4,7-8,11H,5-6,9-10,12H2,1-2H3,(H,22,24). The second kappa shape index (κ2) is 6.67. The summed E-state index contributed by atoms with van der Waals surface area (Å²) >= 11 is 0. The van der Waals surface area contributed by atoms with E-state index in [1.165, 1.54) is 6.07 Å². The molecule has 1 aliphatic rings. The maximum absolute atomic E-state index is 14.3. The molecule has 1 N–H and O–H groups in total. The lowest BCUT2D eigenvalue weighted by Crippen LogP contribution is -2.40. The average molecular weight is 327 g/mol. The van der Waals surface area contributed by atoms with Gasteiger partial charge < -0.3 is 5.32 Å². The fraction of sp³-hybridized carbons (Fsp3) is 0.421. The molecule has 0 radical (unpaired) electrons. The van der Waals surface area contributed by atoms with E-state index in [0.717, 1.165) is 25.7 Å². The SMILES string of the molecule is Cc1ncc(C(=O)NCC2(c3ccccc3F)CCCC2)c(C)n1. The molecule has 0 spiro atoms. The number of aromatic nitrogens is 2. The minimum atomic E-state index is -0.319. The van der Waals surface area contributed by atoms with Crippen LogP contribution in [0.15, 0.2) is 30.5 Å². The first-order chi connectivity index (χ1) is 11.5. The zero-order valence-electron chi connectivity index (χ0n) is 14.1. The van der Waals surface area contributed by atoms with Crippen molar-refractivity contribution in [3.63, 3.8) is 0 Å². The van der Waals surface area contributed by atoms with Crippen LogP contribution in [0.1, 0.15) is 53.1 Å². The largest absolute Gasteiger partial charge is 0.351 e. The smallest absolute Gasteiger partial charge is 0.254 e. The minimum absolute atomic E-state index is 0.191. The van der Waals surface area contributed by atoms with Crippen LogP contribution in [0.25, 0.3) is 0 Å². The van der Waals surface area contributed by atoms with Crippen LogP contribution in [-0.2, 0) is 5.41 Å². The van der Waals surface area contributed by atoms with Crippen molar-refractivity contribution in [2.24, 2.45) is 0 Å². The Morgan fingerprint density at radius 2 is 1.96 bits per heavy atom. The van der Waals surface area contributed by atoms with Gasteiger partial charge in [-0.1, -0.05) is 31.0 Å². The van der Waals surface area contributed by atoms with E-state index in [-0.39, 0.29) is 17.1 Å². The highest BCUT2D eigenvalue weighted by Gasteiger charge is 2.37. The van der Waals surface area contributed by atoms with Gasteiger partial charge in [0.2, 0.25) is 0 Å². The van der Waals surface area contributed by atoms with Crippen LogP contribution >= 0.6 is 0 Å². The number of rotatable bonds is 4. The normalized spacial score (nSPS) is 16.1. The predicted molar refractivity (Wildman–Crippen MR) is 90.4 cm³/mol. The first-order valence-corrected chi connectivity index (χ1v) is 8.35. The van der Waals surface area contributed by atoms with Gasteiger partial charge in [0.05, 0.1) is 11.3 Å². The molecule has 1 amide bonds. The second-order valence-electron chi connectivity index (χ2n) is 6.57. The van der Waals surface area contributed by atoms with Gasteiger partial charge in [-0.2, -0.15) is 0 Å². The molecule has 1 aromatic heterocycles. The molecular formula is C19H22FN3O. The molecule has 0 aliphatic heterocycles. The van der Waals surface area contributed by atoms with Crippen LogP contribution in [-0.4, -0.2) is 22.4 Å². The Morgan fingerprint density at radius 3 is 2.62 bits per heavy atom. The number of halogens is 1. The van der Waals surface area contributed by atoms with Gasteiger partial charge in [-0.15, -0.1) is 0 Å². The lowest BCUT2D eigenvalue weighted by molar-refractivity contribution is 0.0941. The van der Waals surface area contributed by atoms with Crippen molar-refractivity contribution in [2.75, 3.05) is 6.54 Å². The van der Waals surface area contributed by atoms with E-state index >= 15 is 0 Å². The van der Waals surface area contributed by atoms with E-state index in [1.807, 2.05) is 12.1 Å². The topological polar surface area (TPSA) is 54.9 Å². The van der Waals surface area contributed by atoms with Crippen molar-refractivity contribution in [3.8, 4) is 0 Å². The van der Waals surface area contributed by atoms with Crippen LogP contribution in [0.2, 0.25) is 0 Å². The lowest BCUT2D eigenvalue weighted by atomic mass is 9.78. The number of amides is 1. The Hall–Kier alpha value is -2.30. The summed E-state index contributed by atoms with van der Waals surface area (Å²) in [6.07, 6.45) is 5.43. The van der Waals surface area contributed by atoms with Crippen molar-refractivity contribution in [3.05, 3.63) is 58.9 Å². The number of carbonyl (C=O) groups is 1. The van der Waals surface area contributed by atoms with Crippen LogP contribution in [0.3, 0.4) is 0 Å². The van der Waals surface area contributed by atoms with Gasteiger partial charge in [0, 0.05) is 18.2 Å². The average Bonchev–Trinajstić information content (AvgIpc) is 3.03. The summed E-state index contributed by atoms with van der Waals surface area (Å²) in [6, 6.07) is 6.90. The third-order valence-electron chi connectivity index (χ3n) is 4.94. The summed E-state index contributed by atoms with van der Waals surface area (Å²) in [5, 5.41) is 2.98. The number of nitrogens with one attached hydrogen (secondary N) is 1. The number of carbonyl (C=O) groups excluding carboxylic acids is 1. The summed E-state index contributed by atoms with van der Waals surface area (Å²) in [5.74, 6) is 0.251. The molecule has 1 aromatic carbocycles. The zero-order chi connectivity index (χ0) is 17.2. The Kier molecular flexibility index (Phi) is 4.60. The van der Waals surface area contributed by atoms with Crippen molar-refractivity contribution in [2.45, 2.75) is 44.9 Å². The third kappa shape index (κ3) is 3.16. The molecule has 24 heavy (non-hydrogen) atoms. The highest BCUT2D eigenvalue weighted by atomic mass is 19.1. The number of aryl methyl sites for hydroxylation is 2. The molecule has 1 saturated carbocycles. The van der Waals surface area contributed by atoms with E-state index in [2.05, 4.69) is 15.3 Å². The monoisotopic (exact) mass is 327 g/mol. The van der Waals surface area contributed by atoms with E-state index in [1.54, 1.807) is 26.1 Å². The molecule has 5 heteroatoms. The molecule has 2 aromatic rings. The van der Waals surface area contributed by atoms with E-state index in [0.29, 0.717) is 29.2 Å². The molecule has 0 unspecified atom stereocenters. The molecule has 126 valence electrons. The molecule has 4 nitrogen and oxygen atoms in total. The van der Waals surface area contributed by atoms with Crippen molar-refractivity contribution in [1.29, 1.82) is 0 Å². The van der Waals surface area contributed by atoms with E-state index < -0.39 is 0 Å². The first-order valence-electron chi connectivity index (χ1n) is 8.35. The van der Waals surface area contributed by atoms with Crippen molar-refractivity contribution >= 4 is 5.91 Å². The van der Waals surface area contributed by atoms with Gasteiger partial charge in [-0.25, -0.2) is 14.4 Å². The minimum Gasteiger partial charge on any atom is -0.351 e. The molecule has 0 saturated heterocycles. The zero-order valence-corrected chi connectivity index (χ0v) is 14.1. The van der Waals surface area contributed by atoms with Crippen LogP contribution < -0.4 is 5.32 Å². The van der Waals surface area contributed by atoms with Gasteiger partial charge in [-0.3, -0.25) is 4.79 Å². The molecule has 1 heterocycles. The van der Waals surface area contributed by atoms with Gasteiger partial charge in [0.15, 0.2) is 0 Å². The Labute approximate surface area is 141 Å². The second-order valence-corrected chi connectivity index (χ2v) is 6.57. The summed E-state index contributed by atoms with van der Waals surface area (Å²) in [7, 11) is 0. The number of hydrogen-bond donors (Lipinski definition) is 1. The molecule has 0 atom stereocenters. The molecule has 3 rings (SSSR count). The fourth-order valence-electron chi connectivity index (χ4n) is 3.64. The van der Waals surface area contributed by atoms with Crippen molar-refractivity contribution in [1.82, 2.24) is 15.3 Å². The Balaban J connectivity index is 1.80. The Bertz CT molecular complexity index is 754. The number of benzene rings is 1. The quantitative estimate of drug-likeness (QED) is 0.935. The number of nitrogens with zero attached hydrogens (tertiary/aromatic N) is 2. The third-order valence-corrected chi connectivity index (χ3v) is 4.94. The van der Waals surface area contributed by atoms with Crippen LogP contribution in [0.4, 0.5) is 4.39 Å². The Morgan fingerprint density at radius 1 is 1.25 bits per heavy atom. The summed E-state index contributed by atoms with van der Waals surface area (Å²) in [5.41, 5.74) is 1.52. The molecular weight excluding hydrogens is 305 g/mol. The first kappa shape index (κ1) is 16.6. The highest BCUT2D eigenvalue weighted by molar-refractivity contribution is 5.94. The maximum atomic E-state index is 14.3. The highest BCUT2D eigenvalue weighted by Crippen LogP contribution is 2.41.